The van der Waals surface area contributed by atoms with E-state index < -0.39 is 35.9 Å². The summed E-state index contributed by atoms with van der Waals surface area (Å²) in [7, 11) is 0. The normalized spacial score (nSPS) is 13.1. The summed E-state index contributed by atoms with van der Waals surface area (Å²) in [6, 6.07) is 10.3. The third-order valence-electron chi connectivity index (χ3n) is 3.72. The first kappa shape index (κ1) is 21.3. The van der Waals surface area contributed by atoms with Crippen LogP contribution in [0, 0.1) is 0 Å². The highest BCUT2D eigenvalue weighted by Gasteiger charge is 2.43. The summed E-state index contributed by atoms with van der Waals surface area (Å²) in [5.74, 6) is -3.78. The summed E-state index contributed by atoms with van der Waals surface area (Å²) in [6.07, 6.45) is -11.9. The zero-order valence-electron chi connectivity index (χ0n) is 14.0. The molecule has 0 aromatic heterocycles. The van der Waals surface area contributed by atoms with Gasteiger partial charge in [-0.15, -0.1) is 0 Å². The van der Waals surface area contributed by atoms with Gasteiger partial charge in [0.25, 0.3) is 5.91 Å². The van der Waals surface area contributed by atoms with Crippen LogP contribution < -0.4 is 5.73 Å². The SMILES string of the molecule is NC(=O)C(Cc1ccc(-c2ccc(C(F)(F)F)cc2)cc1)OC(=O)C(F)(F)F. The molecule has 28 heavy (non-hydrogen) atoms. The van der Waals surface area contributed by atoms with Crippen LogP contribution in [0.4, 0.5) is 26.3 Å². The van der Waals surface area contributed by atoms with Crippen molar-refractivity contribution in [1.82, 2.24) is 0 Å². The molecule has 2 N–H and O–H groups in total. The average Bonchev–Trinajstić information content (AvgIpc) is 2.60. The summed E-state index contributed by atoms with van der Waals surface area (Å²) in [5.41, 5.74) is 5.53. The number of benzene rings is 2. The Balaban J connectivity index is 2.12. The van der Waals surface area contributed by atoms with Gasteiger partial charge in [-0.25, -0.2) is 4.79 Å². The maximum atomic E-state index is 12.6. The Morgan fingerprint density at radius 2 is 1.32 bits per heavy atom. The molecule has 4 nitrogen and oxygen atoms in total. The van der Waals surface area contributed by atoms with Gasteiger partial charge in [-0.2, -0.15) is 26.3 Å². The Bertz CT molecular complexity index is 842. The van der Waals surface area contributed by atoms with Crippen molar-refractivity contribution in [2.24, 2.45) is 5.73 Å². The van der Waals surface area contributed by atoms with E-state index in [1.54, 1.807) is 0 Å². The molecule has 10 heteroatoms. The number of carbonyl (C=O) groups is 2. The smallest absolute Gasteiger partial charge is 0.445 e. The predicted molar refractivity (Wildman–Crippen MR) is 85.7 cm³/mol. The molecule has 0 fully saturated rings. The lowest BCUT2D eigenvalue weighted by molar-refractivity contribution is -0.205. The molecule has 0 bridgehead atoms. The maximum Gasteiger partial charge on any atom is 0.490 e. The minimum absolute atomic E-state index is 0.342. The minimum atomic E-state index is -5.26. The molecule has 0 aliphatic heterocycles. The second kappa shape index (κ2) is 7.91. The van der Waals surface area contributed by atoms with Crippen LogP contribution in [-0.4, -0.2) is 24.2 Å². The molecule has 1 atom stereocenters. The largest absolute Gasteiger partial charge is 0.490 e. The summed E-state index contributed by atoms with van der Waals surface area (Å²) >= 11 is 0. The molecule has 0 aliphatic carbocycles. The van der Waals surface area contributed by atoms with E-state index in [0.29, 0.717) is 16.7 Å². The fourth-order valence-corrected chi connectivity index (χ4v) is 2.30. The number of hydrogen-bond donors (Lipinski definition) is 1. The quantitative estimate of drug-likeness (QED) is 0.607. The Hall–Kier alpha value is -3.04. The summed E-state index contributed by atoms with van der Waals surface area (Å²) in [6.45, 7) is 0. The van der Waals surface area contributed by atoms with Crippen molar-refractivity contribution >= 4 is 11.9 Å². The van der Waals surface area contributed by atoms with Gasteiger partial charge in [0.15, 0.2) is 6.10 Å². The van der Waals surface area contributed by atoms with E-state index in [9.17, 15) is 35.9 Å². The summed E-state index contributed by atoms with van der Waals surface area (Å²) in [4.78, 5) is 22.1. The third-order valence-corrected chi connectivity index (χ3v) is 3.72. The van der Waals surface area contributed by atoms with Gasteiger partial charge in [0.2, 0.25) is 0 Å². The molecule has 1 amide bonds. The van der Waals surface area contributed by atoms with Crippen molar-refractivity contribution in [3.8, 4) is 11.1 Å². The van der Waals surface area contributed by atoms with E-state index in [1.165, 1.54) is 36.4 Å². The molecule has 2 aromatic rings. The Morgan fingerprint density at radius 3 is 1.71 bits per heavy atom. The van der Waals surface area contributed by atoms with E-state index in [0.717, 1.165) is 12.1 Å². The average molecular weight is 405 g/mol. The zero-order chi connectivity index (χ0) is 21.1. The molecule has 0 spiro atoms. The van der Waals surface area contributed by atoms with E-state index in [1.807, 2.05) is 0 Å². The fraction of sp³-hybridized carbons (Fsp3) is 0.222. The first-order valence-electron chi connectivity index (χ1n) is 7.71. The molecule has 2 rings (SSSR count). The van der Waals surface area contributed by atoms with Crippen molar-refractivity contribution < 1.29 is 40.7 Å². The van der Waals surface area contributed by atoms with E-state index in [2.05, 4.69) is 4.74 Å². The van der Waals surface area contributed by atoms with Gasteiger partial charge in [-0.1, -0.05) is 36.4 Å². The number of alkyl halides is 6. The maximum absolute atomic E-state index is 12.6. The monoisotopic (exact) mass is 405 g/mol. The molecule has 0 saturated carbocycles. The van der Waals surface area contributed by atoms with Gasteiger partial charge in [0.05, 0.1) is 5.56 Å². The number of nitrogens with two attached hydrogens (primary N) is 1. The van der Waals surface area contributed by atoms with Crippen molar-refractivity contribution in [3.05, 3.63) is 59.7 Å². The van der Waals surface area contributed by atoms with Gasteiger partial charge >= 0.3 is 18.3 Å². The highest BCUT2D eigenvalue weighted by Crippen LogP contribution is 2.31. The lowest BCUT2D eigenvalue weighted by Gasteiger charge is -2.16. The number of amides is 1. The Labute approximate surface area is 154 Å². The molecule has 0 saturated heterocycles. The predicted octanol–water partition coefficient (Wildman–Crippen LogP) is 3.87. The van der Waals surface area contributed by atoms with Crippen molar-refractivity contribution in [3.63, 3.8) is 0 Å². The van der Waals surface area contributed by atoms with E-state index in [4.69, 9.17) is 5.73 Å². The molecule has 0 aliphatic rings. The van der Waals surface area contributed by atoms with Crippen molar-refractivity contribution in [2.75, 3.05) is 0 Å². The molecule has 1 unspecified atom stereocenters. The van der Waals surface area contributed by atoms with Crippen LogP contribution in [-0.2, 0) is 26.9 Å². The molecular weight excluding hydrogens is 392 g/mol. The standard InChI is InChI=1S/C18H13F6NO3/c19-17(20,21)13-7-5-12(6-8-13)11-3-1-10(2-4-11)9-14(15(25)26)28-16(27)18(22,23)24/h1-8,14H,9H2,(H2,25,26). The molecular formula is C18H13F6NO3. The fourth-order valence-electron chi connectivity index (χ4n) is 2.30. The zero-order valence-corrected chi connectivity index (χ0v) is 14.0. The topological polar surface area (TPSA) is 69.4 Å². The van der Waals surface area contributed by atoms with Gasteiger partial charge in [-0.05, 0) is 28.8 Å². The second-order valence-corrected chi connectivity index (χ2v) is 5.77. The molecule has 0 heterocycles. The first-order valence-corrected chi connectivity index (χ1v) is 7.71. The van der Waals surface area contributed by atoms with Crippen LogP contribution in [0.1, 0.15) is 11.1 Å². The highest BCUT2D eigenvalue weighted by molar-refractivity contribution is 5.84. The number of primary amides is 1. The number of rotatable bonds is 5. The highest BCUT2D eigenvalue weighted by atomic mass is 19.4. The molecule has 150 valence electrons. The van der Waals surface area contributed by atoms with Crippen LogP contribution >= 0.6 is 0 Å². The van der Waals surface area contributed by atoms with Crippen molar-refractivity contribution in [1.29, 1.82) is 0 Å². The van der Waals surface area contributed by atoms with Gasteiger partial charge in [0, 0.05) is 6.42 Å². The lowest BCUT2D eigenvalue weighted by atomic mass is 10.00. The Morgan fingerprint density at radius 1 is 0.857 bits per heavy atom. The van der Waals surface area contributed by atoms with E-state index in [-0.39, 0.29) is 6.42 Å². The summed E-state index contributed by atoms with van der Waals surface area (Å²) in [5, 5.41) is 0. The molecule has 2 aromatic carbocycles. The van der Waals surface area contributed by atoms with Crippen LogP contribution in [0.5, 0.6) is 0 Å². The first-order chi connectivity index (χ1) is 12.9. The minimum Gasteiger partial charge on any atom is -0.445 e. The lowest BCUT2D eigenvalue weighted by Crippen LogP contribution is -2.39. The van der Waals surface area contributed by atoms with E-state index >= 15 is 0 Å². The second-order valence-electron chi connectivity index (χ2n) is 5.77. The van der Waals surface area contributed by atoms with Gasteiger partial charge < -0.3 is 10.5 Å². The van der Waals surface area contributed by atoms with Crippen LogP contribution in [0.25, 0.3) is 11.1 Å². The number of hydrogen-bond acceptors (Lipinski definition) is 3. The third kappa shape index (κ3) is 5.48. The molecule has 0 radical (unpaired) electrons. The number of carbonyl (C=O) groups excluding carboxylic acids is 2. The number of esters is 1. The number of halogens is 6. The number of ether oxygens (including phenoxy) is 1. The van der Waals surface area contributed by atoms with Crippen LogP contribution in [0.2, 0.25) is 0 Å². The van der Waals surface area contributed by atoms with Crippen LogP contribution in [0.15, 0.2) is 48.5 Å². The van der Waals surface area contributed by atoms with Crippen LogP contribution in [0.3, 0.4) is 0 Å². The summed E-state index contributed by atoms with van der Waals surface area (Å²) < 4.78 is 78.6. The van der Waals surface area contributed by atoms with Gasteiger partial charge in [-0.3, -0.25) is 4.79 Å². The van der Waals surface area contributed by atoms with Crippen molar-refractivity contribution in [2.45, 2.75) is 24.9 Å². The van der Waals surface area contributed by atoms with Gasteiger partial charge in [0.1, 0.15) is 0 Å². The Kier molecular flexibility index (Phi) is 6.01.